The molecule has 1 aromatic carbocycles. The summed E-state index contributed by atoms with van der Waals surface area (Å²) in [5.74, 6) is -2.53. The Bertz CT molecular complexity index is 1710. The van der Waals surface area contributed by atoms with Crippen LogP contribution in [0.25, 0.3) is 0 Å². The van der Waals surface area contributed by atoms with Gasteiger partial charge in [0.25, 0.3) is 0 Å². The van der Waals surface area contributed by atoms with Crippen molar-refractivity contribution < 1.29 is 46.6 Å². The summed E-state index contributed by atoms with van der Waals surface area (Å²) in [5, 5.41) is 0. The Morgan fingerprint density at radius 2 is 1.42 bits per heavy atom. The maximum atomic E-state index is 15.0. The Hall–Kier alpha value is -1.69. The fraction of sp³-hybridized carbons (Fsp3) is 0.783. The summed E-state index contributed by atoms with van der Waals surface area (Å²) in [6, 6.07) is 15.0. The Morgan fingerprint density at radius 3 is 1.93 bits per heavy atom. The van der Waals surface area contributed by atoms with E-state index in [1.165, 1.54) is 6.92 Å². The van der Waals surface area contributed by atoms with Gasteiger partial charge in [-0.05, 0) is 93.4 Å². The first-order chi connectivity index (χ1) is 27.6. The predicted octanol–water partition coefficient (Wildman–Crippen LogP) is 9.74. The topological polar surface area (TPSA) is 108 Å². The Morgan fingerprint density at radius 1 is 0.847 bits per heavy atom. The second-order valence-corrected chi connectivity index (χ2v) is 31.6. The first-order valence-electron chi connectivity index (χ1n) is 22.8. The molecule has 2 bridgehead atoms. The average molecular weight is 873 g/mol. The molecule has 10 nitrogen and oxygen atoms in total. The lowest BCUT2D eigenvalue weighted by molar-refractivity contribution is -0.359. The zero-order valence-electron chi connectivity index (χ0n) is 39.0. The summed E-state index contributed by atoms with van der Waals surface area (Å²) < 4.78 is 58.3. The minimum absolute atomic E-state index is 0.151. The smallest absolute Gasteiger partial charge is 0.338 e. The van der Waals surface area contributed by atoms with Crippen molar-refractivity contribution in [3.05, 3.63) is 47.0 Å². The van der Waals surface area contributed by atoms with Gasteiger partial charge in [0.15, 0.2) is 37.1 Å². The van der Waals surface area contributed by atoms with E-state index in [0.717, 1.165) is 47.4 Å². The number of benzene rings is 1. The van der Waals surface area contributed by atoms with E-state index in [9.17, 15) is 9.59 Å². The van der Waals surface area contributed by atoms with E-state index in [-0.39, 0.29) is 12.7 Å². The Kier molecular flexibility index (Phi) is 13.3. The molecule has 0 aromatic heterocycles. The van der Waals surface area contributed by atoms with E-state index in [2.05, 4.69) is 82.3 Å². The molecule has 0 N–H and O–H groups in total. The molecule has 13 heteroatoms. The number of ether oxygens (including phenoxy) is 5. The second kappa shape index (κ2) is 16.8. The van der Waals surface area contributed by atoms with E-state index in [1.807, 2.05) is 32.0 Å². The molecule has 5 aliphatic rings. The summed E-state index contributed by atoms with van der Waals surface area (Å²) in [7, 11) is -6.51. The number of carbonyl (C=O) groups excluding carboxylic acids is 2. The Balaban J connectivity index is 1.77. The highest BCUT2D eigenvalue weighted by atomic mass is 28.4. The van der Waals surface area contributed by atoms with Crippen LogP contribution in [0, 0.1) is 16.7 Å². The lowest BCUT2D eigenvalue weighted by atomic mass is 9.44. The fourth-order valence-electron chi connectivity index (χ4n) is 12.3. The van der Waals surface area contributed by atoms with Crippen molar-refractivity contribution in [3.8, 4) is 0 Å². The molecule has 0 amide bonds. The van der Waals surface area contributed by atoms with Crippen LogP contribution in [0.5, 0.6) is 0 Å². The molecular formula is C46H76O10Si3. The van der Waals surface area contributed by atoms with Gasteiger partial charge in [-0.1, -0.05) is 80.5 Å². The number of esters is 2. The van der Waals surface area contributed by atoms with Crippen LogP contribution in [0.4, 0.5) is 0 Å². The lowest BCUT2D eigenvalue weighted by Crippen LogP contribution is -2.83. The third-order valence-corrected chi connectivity index (χ3v) is 26.1. The highest BCUT2D eigenvalue weighted by molar-refractivity contribution is 6.74. The molecule has 2 aliphatic heterocycles. The maximum absolute atomic E-state index is 15.0. The largest absolute Gasteiger partial charge is 0.455 e. The van der Waals surface area contributed by atoms with Crippen molar-refractivity contribution in [2.45, 2.75) is 206 Å². The molecule has 2 saturated carbocycles. The molecule has 332 valence electrons. The molecule has 2 heterocycles. The summed E-state index contributed by atoms with van der Waals surface area (Å²) in [6.45, 7) is 32.5. The maximum Gasteiger partial charge on any atom is 0.338 e. The van der Waals surface area contributed by atoms with E-state index >= 15 is 0 Å². The summed E-state index contributed by atoms with van der Waals surface area (Å²) in [4.78, 5) is 28.6. The zero-order valence-corrected chi connectivity index (χ0v) is 42.1. The molecule has 3 aliphatic carbocycles. The number of hydrogen-bond donors (Lipinski definition) is 0. The molecule has 59 heavy (non-hydrogen) atoms. The normalized spacial score (nSPS) is 36.1. The van der Waals surface area contributed by atoms with Gasteiger partial charge in [-0.2, -0.15) is 0 Å². The fourth-order valence-corrected chi connectivity index (χ4v) is 19.5. The van der Waals surface area contributed by atoms with Crippen LogP contribution >= 0.6 is 0 Å². The SMILES string of the molecule is CC[Si](CC)(CC)O[C@H]1C[C@@]2(O[SiH](C)C)[C@@H](OC(=O)c3ccccc3)[C@@H]3[C@]4(OC(C)=O)CO[C@@H]4C[C@H](O[Si](CC)(CC)CC)[C@@]3(C)[C@@H]3OC(C)(C)O[C@@H]3C(=C1C)C2(C)C. The highest BCUT2D eigenvalue weighted by Crippen LogP contribution is 2.69. The monoisotopic (exact) mass is 872 g/mol. The van der Waals surface area contributed by atoms with Gasteiger partial charge in [-0.3, -0.25) is 4.79 Å². The minimum atomic E-state index is -2.31. The zero-order chi connectivity index (χ0) is 43.6. The number of fused-ring (bicyclic) bond motifs is 8. The van der Waals surface area contributed by atoms with E-state index < -0.39 is 102 Å². The molecule has 0 spiro atoms. The van der Waals surface area contributed by atoms with E-state index in [4.69, 9.17) is 37.0 Å². The Labute approximate surface area is 359 Å². The molecule has 6 rings (SSSR count). The van der Waals surface area contributed by atoms with Gasteiger partial charge in [0.2, 0.25) is 0 Å². The van der Waals surface area contributed by atoms with Crippen LogP contribution < -0.4 is 0 Å². The van der Waals surface area contributed by atoms with Crippen molar-refractivity contribution in [1.29, 1.82) is 0 Å². The van der Waals surface area contributed by atoms with Crippen LogP contribution in [0.3, 0.4) is 0 Å². The van der Waals surface area contributed by atoms with Gasteiger partial charge in [0, 0.05) is 30.6 Å². The summed E-state index contributed by atoms with van der Waals surface area (Å²) in [5.41, 5.74) is -1.38. The van der Waals surface area contributed by atoms with Crippen LogP contribution in [-0.2, 0) is 41.8 Å². The van der Waals surface area contributed by atoms with E-state index in [1.54, 1.807) is 12.1 Å². The van der Waals surface area contributed by atoms with E-state index in [0.29, 0.717) is 18.4 Å². The van der Waals surface area contributed by atoms with Gasteiger partial charge < -0.3 is 37.0 Å². The number of rotatable bonds is 15. The second-order valence-electron chi connectivity index (χ2n) is 19.8. The minimum Gasteiger partial charge on any atom is -0.455 e. The quantitative estimate of drug-likeness (QED) is 0.0961. The third-order valence-electron chi connectivity index (χ3n) is 15.9. The molecule has 1 aromatic rings. The van der Waals surface area contributed by atoms with Crippen molar-refractivity contribution in [1.82, 2.24) is 0 Å². The third kappa shape index (κ3) is 7.55. The number of hydrogen-bond acceptors (Lipinski definition) is 10. The summed E-state index contributed by atoms with van der Waals surface area (Å²) >= 11 is 0. The number of carbonyl (C=O) groups is 2. The van der Waals surface area contributed by atoms with Crippen molar-refractivity contribution in [3.63, 3.8) is 0 Å². The van der Waals surface area contributed by atoms with Gasteiger partial charge in [0.05, 0.1) is 36.4 Å². The molecule has 0 unspecified atom stereocenters. The van der Waals surface area contributed by atoms with Crippen LogP contribution in [-0.4, -0.2) is 97.8 Å². The predicted molar refractivity (Wildman–Crippen MR) is 238 cm³/mol. The first kappa shape index (κ1) is 46.8. The van der Waals surface area contributed by atoms with Crippen LogP contribution in [0.15, 0.2) is 41.5 Å². The van der Waals surface area contributed by atoms with Crippen LogP contribution in [0.2, 0.25) is 49.4 Å². The van der Waals surface area contributed by atoms with Crippen LogP contribution in [0.1, 0.15) is 113 Å². The molecule has 2 saturated heterocycles. The molecule has 0 radical (unpaired) electrons. The van der Waals surface area contributed by atoms with Gasteiger partial charge in [-0.15, -0.1) is 0 Å². The van der Waals surface area contributed by atoms with Crippen molar-refractivity contribution in [2.75, 3.05) is 6.61 Å². The molecule has 10 atom stereocenters. The van der Waals surface area contributed by atoms with Crippen molar-refractivity contribution in [2.24, 2.45) is 16.7 Å². The molecular weight excluding hydrogens is 797 g/mol. The lowest BCUT2D eigenvalue weighted by Gasteiger charge is -2.70. The van der Waals surface area contributed by atoms with Gasteiger partial charge in [0.1, 0.15) is 23.9 Å². The van der Waals surface area contributed by atoms with Crippen molar-refractivity contribution >= 4 is 37.6 Å². The average Bonchev–Trinajstić information content (AvgIpc) is 3.51. The molecule has 4 fully saturated rings. The first-order valence-corrected chi connectivity index (χ1v) is 30.7. The van der Waals surface area contributed by atoms with Gasteiger partial charge >= 0.3 is 11.9 Å². The highest BCUT2D eigenvalue weighted by Gasteiger charge is 2.80. The van der Waals surface area contributed by atoms with Gasteiger partial charge in [-0.25, -0.2) is 4.79 Å². The summed E-state index contributed by atoms with van der Waals surface area (Å²) in [6.07, 6.45) is -2.34. The standard InChI is InChI=1S/C46H76O10Si3/c1-16-58(17-2,18-3)54-33-28-46(56-57(14)15)40(50-41(48)32-25-23-22-24-26-32)38-44(13,39-37(52-43(11,12)53-39)36(30(33)7)42(46,9)10)34(55-59(19-4,20-5)21-6)27-35-45(38,29-49-35)51-31(8)47/h22-26,33-35,37-40,57H,16-21,27-29H2,1-15H3/t33-,34-,35+,37+,38-,39+,40-,44+,45-,46+/m0/s1.